The van der Waals surface area contributed by atoms with Crippen molar-refractivity contribution in [3.63, 3.8) is 0 Å². The lowest BCUT2D eigenvalue weighted by Gasteiger charge is -2.44. The van der Waals surface area contributed by atoms with E-state index >= 15 is 0 Å². The zero-order chi connectivity index (χ0) is 16.3. The van der Waals surface area contributed by atoms with Crippen LogP contribution in [-0.2, 0) is 16.6 Å². The molecule has 0 atom stereocenters. The standard InChI is InChI=1S/C17H27N3O2S/c1-18-23(21,22)16-4-2-15(3-5-16)14-20-12-8-17(9-13-20)6-10-19-11-7-17/h2-5,18-19H,6-14H2,1H3. The number of rotatable bonds is 4. The highest BCUT2D eigenvalue weighted by molar-refractivity contribution is 7.89. The molecule has 1 aromatic rings. The maximum Gasteiger partial charge on any atom is 0.240 e. The van der Waals surface area contributed by atoms with E-state index in [4.69, 9.17) is 0 Å². The molecule has 0 saturated carbocycles. The molecule has 3 rings (SSSR count). The molecule has 0 aromatic heterocycles. The van der Waals surface area contributed by atoms with E-state index in [2.05, 4.69) is 14.9 Å². The molecule has 0 amide bonds. The zero-order valence-corrected chi connectivity index (χ0v) is 14.7. The van der Waals surface area contributed by atoms with Gasteiger partial charge in [0.2, 0.25) is 10.0 Å². The molecule has 128 valence electrons. The summed E-state index contributed by atoms with van der Waals surface area (Å²) in [5.74, 6) is 0. The van der Waals surface area contributed by atoms with E-state index in [0.29, 0.717) is 10.3 Å². The Morgan fingerprint density at radius 1 is 1.09 bits per heavy atom. The van der Waals surface area contributed by atoms with Crippen molar-refractivity contribution in [3.05, 3.63) is 29.8 Å². The van der Waals surface area contributed by atoms with Crippen LogP contribution in [0.1, 0.15) is 31.2 Å². The van der Waals surface area contributed by atoms with Gasteiger partial charge in [-0.3, -0.25) is 4.90 Å². The Labute approximate surface area is 139 Å². The molecule has 2 aliphatic rings. The number of nitrogens with zero attached hydrogens (tertiary/aromatic N) is 1. The van der Waals surface area contributed by atoms with E-state index in [1.54, 1.807) is 12.1 Å². The van der Waals surface area contributed by atoms with Gasteiger partial charge in [0.1, 0.15) is 0 Å². The quantitative estimate of drug-likeness (QED) is 0.875. The Hall–Kier alpha value is -0.950. The van der Waals surface area contributed by atoms with Crippen molar-refractivity contribution >= 4 is 10.0 Å². The maximum atomic E-state index is 11.7. The molecule has 23 heavy (non-hydrogen) atoms. The van der Waals surface area contributed by atoms with E-state index in [0.717, 1.165) is 19.6 Å². The van der Waals surface area contributed by atoms with Crippen LogP contribution in [0.15, 0.2) is 29.2 Å². The molecular formula is C17H27N3O2S. The molecule has 1 spiro atoms. The molecule has 0 bridgehead atoms. The van der Waals surface area contributed by atoms with Crippen molar-refractivity contribution in [3.8, 4) is 0 Å². The van der Waals surface area contributed by atoms with Crippen LogP contribution in [0, 0.1) is 5.41 Å². The van der Waals surface area contributed by atoms with Gasteiger partial charge in [0, 0.05) is 6.54 Å². The fourth-order valence-electron chi connectivity index (χ4n) is 3.79. The van der Waals surface area contributed by atoms with Gasteiger partial charge in [-0.1, -0.05) is 12.1 Å². The molecule has 2 fully saturated rings. The van der Waals surface area contributed by atoms with Crippen LogP contribution in [-0.4, -0.2) is 46.5 Å². The number of benzene rings is 1. The lowest BCUT2D eigenvalue weighted by molar-refractivity contribution is 0.0701. The first-order valence-electron chi connectivity index (χ1n) is 8.49. The largest absolute Gasteiger partial charge is 0.317 e. The molecule has 0 radical (unpaired) electrons. The Kier molecular flexibility index (Phi) is 5.06. The van der Waals surface area contributed by atoms with E-state index < -0.39 is 10.0 Å². The number of hydrogen-bond donors (Lipinski definition) is 2. The van der Waals surface area contributed by atoms with Crippen molar-refractivity contribution in [1.82, 2.24) is 14.9 Å². The van der Waals surface area contributed by atoms with Gasteiger partial charge >= 0.3 is 0 Å². The monoisotopic (exact) mass is 337 g/mol. The molecule has 1 aromatic carbocycles. The molecule has 2 aliphatic heterocycles. The Bertz CT molecular complexity index is 612. The van der Waals surface area contributed by atoms with E-state index in [-0.39, 0.29) is 0 Å². The van der Waals surface area contributed by atoms with E-state index in [9.17, 15) is 8.42 Å². The SMILES string of the molecule is CNS(=O)(=O)c1ccc(CN2CCC3(CCNCC3)CC2)cc1. The highest BCUT2D eigenvalue weighted by Gasteiger charge is 2.35. The fraction of sp³-hybridized carbons (Fsp3) is 0.647. The van der Waals surface area contributed by atoms with Crippen LogP contribution in [0.4, 0.5) is 0 Å². The van der Waals surface area contributed by atoms with E-state index in [1.165, 1.54) is 51.4 Å². The van der Waals surface area contributed by atoms with Crippen molar-refractivity contribution < 1.29 is 8.42 Å². The van der Waals surface area contributed by atoms with Gasteiger partial charge in [-0.25, -0.2) is 13.1 Å². The Morgan fingerprint density at radius 2 is 1.70 bits per heavy atom. The summed E-state index contributed by atoms with van der Waals surface area (Å²) in [6.07, 6.45) is 5.22. The van der Waals surface area contributed by atoms with Gasteiger partial charge in [-0.2, -0.15) is 0 Å². The number of likely N-dealkylation sites (tertiary alicyclic amines) is 1. The third-order valence-corrected chi connectivity index (χ3v) is 6.92. The topological polar surface area (TPSA) is 61.4 Å². The van der Waals surface area contributed by atoms with Gasteiger partial charge in [0.25, 0.3) is 0 Å². The Morgan fingerprint density at radius 3 is 2.26 bits per heavy atom. The normalized spacial score (nSPS) is 22.3. The number of piperidine rings is 2. The summed E-state index contributed by atoms with van der Waals surface area (Å²) in [5.41, 5.74) is 1.76. The minimum atomic E-state index is -3.34. The number of nitrogens with one attached hydrogen (secondary N) is 2. The third kappa shape index (κ3) is 3.94. The summed E-state index contributed by atoms with van der Waals surface area (Å²) < 4.78 is 25.8. The second-order valence-electron chi connectivity index (χ2n) is 6.88. The molecule has 2 N–H and O–H groups in total. The second-order valence-corrected chi connectivity index (χ2v) is 8.76. The molecule has 0 unspecified atom stereocenters. The van der Waals surface area contributed by atoms with Crippen LogP contribution in [0.2, 0.25) is 0 Å². The first-order chi connectivity index (χ1) is 11.0. The predicted octanol–water partition coefficient (Wildman–Crippen LogP) is 1.56. The summed E-state index contributed by atoms with van der Waals surface area (Å²) in [6.45, 7) is 5.55. The molecule has 0 aliphatic carbocycles. The highest BCUT2D eigenvalue weighted by atomic mass is 32.2. The summed E-state index contributed by atoms with van der Waals surface area (Å²) in [7, 11) is -1.90. The van der Waals surface area contributed by atoms with Crippen LogP contribution < -0.4 is 10.0 Å². The molecule has 5 nitrogen and oxygen atoms in total. The summed E-state index contributed by atoms with van der Waals surface area (Å²) in [6, 6.07) is 7.25. The molecule has 2 saturated heterocycles. The predicted molar refractivity (Wildman–Crippen MR) is 91.7 cm³/mol. The second kappa shape index (κ2) is 6.89. The smallest absolute Gasteiger partial charge is 0.240 e. The minimum Gasteiger partial charge on any atom is -0.317 e. The Balaban J connectivity index is 1.56. The van der Waals surface area contributed by atoms with Crippen molar-refractivity contribution in [2.75, 3.05) is 33.2 Å². The summed E-state index contributed by atoms with van der Waals surface area (Å²) in [5, 5.41) is 3.46. The average molecular weight is 337 g/mol. The first kappa shape index (κ1) is 16.9. The first-order valence-corrected chi connectivity index (χ1v) is 9.97. The summed E-state index contributed by atoms with van der Waals surface area (Å²) in [4.78, 5) is 2.82. The highest BCUT2D eigenvalue weighted by Crippen LogP contribution is 2.39. The van der Waals surface area contributed by atoms with Gasteiger partial charge in [0.15, 0.2) is 0 Å². The molecule has 6 heteroatoms. The van der Waals surface area contributed by atoms with Gasteiger partial charge in [-0.15, -0.1) is 0 Å². The van der Waals surface area contributed by atoms with Crippen LogP contribution in [0.3, 0.4) is 0 Å². The van der Waals surface area contributed by atoms with Crippen molar-refractivity contribution in [2.24, 2.45) is 5.41 Å². The summed E-state index contributed by atoms with van der Waals surface area (Å²) >= 11 is 0. The van der Waals surface area contributed by atoms with Crippen molar-refractivity contribution in [1.29, 1.82) is 0 Å². The third-order valence-electron chi connectivity index (χ3n) is 5.49. The van der Waals surface area contributed by atoms with Crippen LogP contribution in [0.5, 0.6) is 0 Å². The van der Waals surface area contributed by atoms with Crippen molar-refractivity contribution in [2.45, 2.75) is 37.1 Å². The molecular weight excluding hydrogens is 310 g/mol. The van der Waals surface area contributed by atoms with Gasteiger partial charge in [0.05, 0.1) is 4.90 Å². The lowest BCUT2D eigenvalue weighted by Crippen LogP contribution is -2.45. The number of sulfonamides is 1. The minimum absolute atomic E-state index is 0.330. The van der Waals surface area contributed by atoms with Crippen LogP contribution in [0.25, 0.3) is 0 Å². The maximum absolute atomic E-state index is 11.7. The average Bonchev–Trinajstić information content (AvgIpc) is 2.58. The van der Waals surface area contributed by atoms with E-state index in [1.807, 2.05) is 12.1 Å². The van der Waals surface area contributed by atoms with Gasteiger partial charge in [-0.05, 0) is 82.0 Å². The zero-order valence-electron chi connectivity index (χ0n) is 13.8. The fourth-order valence-corrected chi connectivity index (χ4v) is 4.52. The molecule has 2 heterocycles. The number of hydrogen-bond acceptors (Lipinski definition) is 4. The van der Waals surface area contributed by atoms with Gasteiger partial charge < -0.3 is 5.32 Å². The lowest BCUT2D eigenvalue weighted by atomic mass is 9.71. The van der Waals surface area contributed by atoms with Crippen LogP contribution >= 0.6 is 0 Å².